The summed E-state index contributed by atoms with van der Waals surface area (Å²) in [6, 6.07) is 6.20. The van der Waals surface area contributed by atoms with E-state index in [0.717, 1.165) is 5.56 Å². The fourth-order valence-electron chi connectivity index (χ4n) is 1.33. The second-order valence-corrected chi connectivity index (χ2v) is 3.73. The number of hydrogen-bond acceptors (Lipinski definition) is 2. The Morgan fingerprint density at radius 2 is 2.07 bits per heavy atom. The van der Waals surface area contributed by atoms with Gasteiger partial charge >= 0.3 is 0 Å². The average molecular weight is 206 g/mol. The predicted molar refractivity (Wildman–Crippen MR) is 61.4 cm³/mol. The Bertz CT molecular complexity index is 347. The summed E-state index contributed by atoms with van der Waals surface area (Å²) in [5, 5.41) is 2.83. The first-order valence-corrected chi connectivity index (χ1v) is 5.16. The lowest BCUT2D eigenvalue weighted by atomic mass is 10.1. The van der Waals surface area contributed by atoms with E-state index in [9.17, 15) is 4.79 Å². The Morgan fingerprint density at radius 1 is 1.33 bits per heavy atom. The third-order valence-electron chi connectivity index (χ3n) is 2.43. The van der Waals surface area contributed by atoms with Crippen LogP contribution in [0.4, 0.5) is 0 Å². The van der Waals surface area contributed by atoms with Gasteiger partial charge in [0.1, 0.15) is 0 Å². The smallest absolute Gasteiger partial charge is 0.221 e. The molecule has 0 unspecified atom stereocenters. The van der Waals surface area contributed by atoms with Crippen LogP contribution in [0.15, 0.2) is 18.2 Å². The highest BCUT2D eigenvalue weighted by molar-refractivity contribution is 5.76. The number of nitrogens with two attached hydrogens (primary N) is 1. The van der Waals surface area contributed by atoms with Gasteiger partial charge in [0.25, 0.3) is 0 Å². The molecule has 1 aromatic carbocycles. The summed E-state index contributed by atoms with van der Waals surface area (Å²) in [6.45, 7) is 5.13. The van der Waals surface area contributed by atoms with Gasteiger partial charge < -0.3 is 11.1 Å². The Hall–Kier alpha value is -1.35. The van der Waals surface area contributed by atoms with Crippen LogP contribution in [0.5, 0.6) is 0 Å². The lowest BCUT2D eigenvalue weighted by Crippen LogP contribution is -2.25. The van der Waals surface area contributed by atoms with E-state index in [1.54, 1.807) is 0 Å². The van der Waals surface area contributed by atoms with E-state index in [1.807, 2.05) is 6.07 Å². The molecule has 1 rings (SSSR count). The lowest BCUT2D eigenvalue weighted by molar-refractivity contribution is -0.121. The minimum absolute atomic E-state index is 0.00993. The summed E-state index contributed by atoms with van der Waals surface area (Å²) in [7, 11) is 0. The number of carbonyl (C=O) groups is 1. The van der Waals surface area contributed by atoms with Crippen LogP contribution in [0.25, 0.3) is 0 Å². The Morgan fingerprint density at radius 3 is 2.67 bits per heavy atom. The van der Waals surface area contributed by atoms with E-state index in [0.29, 0.717) is 19.5 Å². The monoisotopic (exact) mass is 206 g/mol. The minimum Gasteiger partial charge on any atom is -0.352 e. The van der Waals surface area contributed by atoms with Crippen molar-refractivity contribution in [3.8, 4) is 0 Å². The third kappa shape index (κ3) is 3.72. The van der Waals surface area contributed by atoms with E-state index in [-0.39, 0.29) is 5.91 Å². The van der Waals surface area contributed by atoms with Gasteiger partial charge in [0.15, 0.2) is 0 Å². The molecule has 0 aromatic heterocycles. The van der Waals surface area contributed by atoms with E-state index in [4.69, 9.17) is 5.73 Å². The van der Waals surface area contributed by atoms with E-state index in [1.165, 1.54) is 11.1 Å². The van der Waals surface area contributed by atoms with Crippen molar-refractivity contribution in [1.29, 1.82) is 0 Å². The first-order chi connectivity index (χ1) is 7.13. The molecular formula is C12H18N2O. The first-order valence-electron chi connectivity index (χ1n) is 5.16. The molecule has 0 aliphatic rings. The molecule has 0 atom stereocenters. The fourth-order valence-corrected chi connectivity index (χ4v) is 1.33. The largest absolute Gasteiger partial charge is 0.352 e. The molecule has 0 saturated carbocycles. The molecule has 15 heavy (non-hydrogen) atoms. The van der Waals surface area contributed by atoms with Crippen molar-refractivity contribution in [3.05, 3.63) is 34.9 Å². The van der Waals surface area contributed by atoms with E-state index < -0.39 is 0 Å². The van der Waals surface area contributed by atoms with E-state index in [2.05, 4.69) is 31.3 Å². The Labute approximate surface area is 90.7 Å². The average Bonchev–Trinajstić information content (AvgIpc) is 2.20. The topological polar surface area (TPSA) is 55.1 Å². The van der Waals surface area contributed by atoms with Gasteiger partial charge in [-0.15, -0.1) is 0 Å². The highest BCUT2D eigenvalue weighted by atomic mass is 16.1. The lowest BCUT2D eigenvalue weighted by Gasteiger charge is -2.06. The standard InChI is InChI=1S/C12H18N2O/c1-9-3-4-11(7-10(9)2)8-14-12(15)5-6-13/h3-4,7H,5-6,8,13H2,1-2H3,(H,14,15). The second-order valence-electron chi connectivity index (χ2n) is 3.73. The van der Waals surface area contributed by atoms with Gasteiger partial charge in [-0.3, -0.25) is 4.79 Å². The van der Waals surface area contributed by atoms with E-state index >= 15 is 0 Å². The molecule has 0 heterocycles. The van der Waals surface area contributed by atoms with Crippen molar-refractivity contribution in [2.75, 3.05) is 6.54 Å². The van der Waals surface area contributed by atoms with Gasteiger partial charge in [-0.05, 0) is 30.5 Å². The van der Waals surface area contributed by atoms with Crippen molar-refractivity contribution >= 4 is 5.91 Å². The molecule has 0 spiro atoms. The summed E-state index contributed by atoms with van der Waals surface area (Å²) in [4.78, 5) is 11.2. The zero-order valence-electron chi connectivity index (χ0n) is 9.34. The maximum Gasteiger partial charge on any atom is 0.221 e. The van der Waals surface area contributed by atoms with Gasteiger partial charge in [0.05, 0.1) is 0 Å². The number of rotatable bonds is 4. The number of benzene rings is 1. The SMILES string of the molecule is Cc1ccc(CNC(=O)CCN)cc1C. The second kappa shape index (κ2) is 5.51. The Kier molecular flexibility index (Phi) is 4.31. The van der Waals surface area contributed by atoms with Gasteiger partial charge in [-0.25, -0.2) is 0 Å². The first kappa shape index (κ1) is 11.7. The molecule has 0 saturated heterocycles. The van der Waals surface area contributed by atoms with Crippen LogP contribution in [-0.4, -0.2) is 12.5 Å². The van der Waals surface area contributed by atoms with Crippen molar-refractivity contribution in [1.82, 2.24) is 5.32 Å². The van der Waals surface area contributed by atoms with Gasteiger partial charge in [0.2, 0.25) is 5.91 Å². The van der Waals surface area contributed by atoms with Crippen molar-refractivity contribution in [2.45, 2.75) is 26.8 Å². The maximum atomic E-state index is 11.2. The quantitative estimate of drug-likeness (QED) is 0.779. The minimum atomic E-state index is 0.00993. The van der Waals surface area contributed by atoms with Crippen molar-refractivity contribution < 1.29 is 4.79 Å². The van der Waals surface area contributed by atoms with Crippen LogP contribution in [0, 0.1) is 13.8 Å². The summed E-state index contributed by atoms with van der Waals surface area (Å²) < 4.78 is 0. The summed E-state index contributed by atoms with van der Waals surface area (Å²) >= 11 is 0. The molecule has 0 aliphatic carbocycles. The Balaban J connectivity index is 2.51. The summed E-state index contributed by atoms with van der Waals surface area (Å²) in [6.07, 6.45) is 0.394. The summed E-state index contributed by atoms with van der Waals surface area (Å²) in [5.41, 5.74) is 8.93. The number of hydrogen-bond donors (Lipinski definition) is 2. The summed E-state index contributed by atoms with van der Waals surface area (Å²) in [5.74, 6) is 0.00993. The highest BCUT2D eigenvalue weighted by Gasteiger charge is 2.00. The van der Waals surface area contributed by atoms with Crippen molar-refractivity contribution in [2.24, 2.45) is 5.73 Å². The molecule has 0 bridgehead atoms. The molecule has 1 aromatic rings. The normalized spacial score (nSPS) is 10.1. The zero-order chi connectivity index (χ0) is 11.3. The predicted octanol–water partition coefficient (Wildman–Crippen LogP) is 1.27. The van der Waals surface area contributed by atoms with Gasteiger partial charge in [-0.2, -0.15) is 0 Å². The molecule has 0 fully saturated rings. The van der Waals surface area contributed by atoms with Gasteiger partial charge in [-0.1, -0.05) is 18.2 Å². The molecule has 3 N–H and O–H groups in total. The molecular weight excluding hydrogens is 188 g/mol. The van der Waals surface area contributed by atoms with Crippen LogP contribution in [0.1, 0.15) is 23.1 Å². The van der Waals surface area contributed by atoms with Crippen molar-refractivity contribution in [3.63, 3.8) is 0 Å². The van der Waals surface area contributed by atoms with Crippen LogP contribution in [0.2, 0.25) is 0 Å². The molecule has 0 aliphatic heterocycles. The van der Waals surface area contributed by atoms with Crippen LogP contribution in [0.3, 0.4) is 0 Å². The number of amides is 1. The maximum absolute atomic E-state index is 11.2. The highest BCUT2D eigenvalue weighted by Crippen LogP contribution is 2.09. The van der Waals surface area contributed by atoms with Crippen LogP contribution in [-0.2, 0) is 11.3 Å². The van der Waals surface area contributed by atoms with Crippen LogP contribution < -0.4 is 11.1 Å². The molecule has 0 radical (unpaired) electrons. The molecule has 3 heteroatoms. The third-order valence-corrected chi connectivity index (χ3v) is 2.43. The number of carbonyl (C=O) groups excluding carboxylic acids is 1. The molecule has 82 valence electrons. The van der Waals surface area contributed by atoms with Gasteiger partial charge in [0, 0.05) is 19.5 Å². The fraction of sp³-hybridized carbons (Fsp3) is 0.417. The number of nitrogens with one attached hydrogen (secondary N) is 1. The molecule has 3 nitrogen and oxygen atoms in total. The molecule has 1 amide bonds. The number of aryl methyl sites for hydroxylation is 2. The zero-order valence-corrected chi connectivity index (χ0v) is 9.34. The van der Waals surface area contributed by atoms with Crippen LogP contribution >= 0.6 is 0 Å².